The van der Waals surface area contributed by atoms with Gasteiger partial charge in [0.05, 0.1) is 6.61 Å². The molecule has 0 bridgehead atoms. The van der Waals surface area contributed by atoms with Gasteiger partial charge in [-0.2, -0.15) is 0 Å². The quantitative estimate of drug-likeness (QED) is 0.856. The maximum atomic E-state index is 5.54. The Morgan fingerprint density at radius 1 is 1.35 bits per heavy atom. The molecule has 0 saturated carbocycles. The van der Waals surface area contributed by atoms with Crippen LogP contribution < -0.4 is 9.64 Å². The first-order valence-electron chi connectivity index (χ1n) is 6.71. The minimum Gasteiger partial charge on any atom is -0.493 e. The third kappa shape index (κ3) is 2.66. The first-order valence-corrected chi connectivity index (χ1v) is 7.50. The Kier molecular flexibility index (Phi) is 3.66. The Hall–Kier alpha value is -1.55. The maximum Gasteiger partial charge on any atom is 0.128 e. The normalized spacial score (nSPS) is 12.9. The summed E-state index contributed by atoms with van der Waals surface area (Å²) >= 11 is 3.48. The number of pyridine rings is 1. The van der Waals surface area contributed by atoms with Crippen LogP contribution in [0.5, 0.6) is 5.75 Å². The predicted molar refractivity (Wildman–Crippen MR) is 84.4 cm³/mol. The van der Waals surface area contributed by atoms with Gasteiger partial charge in [-0.3, -0.25) is 0 Å². The third-order valence-electron chi connectivity index (χ3n) is 3.60. The van der Waals surface area contributed by atoms with Crippen LogP contribution in [-0.4, -0.2) is 18.6 Å². The number of ether oxygens (including phenoxy) is 1. The molecule has 0 fully saturated rings. The summed E-state index contributed by atoms with van der Waals surface area (Å²) < 4.78 is 6.59. The van der Waals surface area contributed by atoms with E-state index in [4.69, 9.17) is 4.74 Å². The molecule has 1 aromatic carbocycles. The molecule has 0 aliphatic carbocycles. The summed E-state index contributed by atoms with van der Waals surface area (Å²) in [4.78, 5) is 6.63. The number of nitrogens with zero attached hydrogens (tertiary/aromatic N) is 2. The SMILES string of the molecule is Cc1cc(N(C)Cc2ccc3c(c2)CCO3)ncc1Br. The number of hydrogen-bond donors (Lipinski definition) is 0. The van der Waals surface area contributed by atoms with E-state index in [-0.39, 0.29) is 0 Å². The minimum atomic E-state index is 0.808. The molecule has 2 aromatic rings. The molecule has 1 aromatic heterocycles. The van der Waals surface area contributed by atoms with Gasteiger partial charge in [0.1, 0.15) is 11.6 Å². The van der Waals surface area contributed by atoms with Crippen LogP contribution >= 0.6 is 15.9 Å². The van der Waals surface area contributed by atoms with Crippen LogP contribution in [0.25, 0.3) is 0 Å². The van der Waals surface area contributed by atoms with E-state index in [1.807, 2.05) is 6.20 Å². The number of fused-ring (bicyclic) bond motifs is 1. The molecule has 20 heavy (non-hydrogen) atoms. The van der Waals surface area contributed by atoms with Crippen LogP contribution in [0.3, 0.4) is 0 Å². The monoisotopic (exact) mass is 332 g/mol. The van der Waals surface area contributed by atoms with E-state index in [0.29, 0.717) is 0 Å². The summed E-state index contributed by atoms with van der Waals surface area (Å²) in [7, 11) is 2.07. The van der Waals surface area contributed by atoms with E-state index >= 15 is 0 Å². The molecule has 0 unspecified atom stereocenters. The van der Waals surface area contributed by atoms with Gasteiger partial charge in [0.15, 0.2) is 0 Å². The lowest BCUT2D eigenvalue weighted by atomic mass is 10.1. The Balaban J connectivity index is 1.78. The second-order valence-electron chi connectivity index (χ2n) is 5.19. The zero-order valence-electron chi connectivity index (χ0n) is 11.7. The van der Waals surface area contributed by atoms with Crippen LogP contribution in [0.15, 0.2) is 34.9 Å². The summed E-state index contributed by atoms with van der Waals surface area (Å²) in [5.74, 6) is 2.02. The Morgan fingerprint density at radius 3 is 3.00 bits per heavy atom. The van der Waals surface area contributed by atoms with E-state index in [2.05, 4.69) is 64.1 Å². The van der Waals surface area contributed by atoms with Crippen molar-refractivity contribution in [2.24, 2.45) is 0 Å². The second kappa shape index (κ2) is 5.44. The number of halogens is 1. The van der Waals surface area contributed by atoms with E-state index < -0.39 is 0 Å². The summed E-state index contributed by atoms with van der Waals surface area (Å²) in [5, 5.41) is 0. The van der Waals surface area contributed by atoms with Crippen molar-refractivity contribution in [1.29, 1.82) is 0 Å². The standard InChI is InChI=1S/C16H17BrN2O/c1-11-7-16(18-9-14(11)17)19(2)10-12-3-4-15-13(8-12)5-6-20-15/h3-4,7-9H,5-6,10H2,1-2H3. The molecule has 1 aliphatic heterocycles. The Bertz CT molecular complexity index is 642. The number of hydrogen-bond acceptors (Lipinski definition) is 3. The van der Waals surface area contributed by atoms with Gasteiger partial charge in [-0.1, -0.05) is 12.1 Å². The van der Waals surface area contributed by atoms with Gasteiger partial charge in [0, 0.05) is 30.7 Å². The largest absolute Gasteiger partial charge is 0.493 e. The average molecular weight is 333 g/mol. The third-order valence-corrected chi connectivity index (χ3v) is 4.43. The lowest BCUT2D eigenvalue weighted by Gasteiger charge is -2.19. The fourth-order valence-corrected chi connectivity index (χ4v) is 2.64. The molecule has 0 radical (unpaired) electrons. The van der Waals surface area contributed by atoms with Gasteiger partial charge in [-0.25, -0.2) is 4.98 Å². The fraction of sp³-hybridized carbons (Fsp3) is 0.312. The number of benzene rings is 1. The number of aryl methyl sites for hydroxylation is 1. The summed E-state index contributed by atoms with van der Waals surface area (Å²) in [6, 6.07) is 8.54. The number of anilines is 1. The van der Waals surface area contributed by atoms with Gasteiger partial charge < -0.3 is 9.64 Å². The molecule has 3 rings (SSSR count). The highest BCUT2D eigenvalue weighted by Gasteiger charge is 2.13. The molecule has 0 amide bonds. The maximum absolute atomic E-state index is 5.54. The van der Waals surface area contributed by atoms with Crippen molar-refractivity contribution in [3.63, 3.8) is 0 Å². The molecule has 0 atom stereocenters. The van der Waals surface area contributed by atoms with Crippen LogP contribution in [0.4, 0.5) is 5.82 Å². The highest BCUT2D eigenvalue weighted by Crippen LogP contribution is 2.27. The lowest BCUT2D eigenvalue weighted by Crippen LogP contribution is -2.17. The van der Waals surface area contributed by atoms with Gasteiger partial charge in [-0.15, -0.1) is 0 Å². The first kappa shape index (κ1) is 13.4. The van der Waals surface area contributed by atoms with Crippen LogP contribution in [-0.2, 0) is 13.0 Å². The average Bonchev–Trinajstić information content (AvgIpc) is 2.89. The van der Waals surface area contributed by atoms with Crippen molar-refractivity contribution >= 4 is 21.7 Å². The fourth-order valence-electron chi connectivity index (χ4n) is 2.43. The molecule has 3 nitrogen and oxygen atoms in total. The molecule has 1 aliphatic rings. The van der Waals surface area contributed by atoms with Gasteiger partial charge in [0.2, 0.25) is 0 Å². The highest BCUT2D eigenvalue weighted by molar-refractivity contribution is 9.10. The number of rotatable bonds is 3. The van der Waals surface area contributed by atoms with E-state index in [1.165, 1.54) is 16.7 Å². The van der Waals surface area contributed by atoms with Gasteiger partial charge in [0.25, 0.3) is 0 Å². The lowest BCUT2D eigenvalue weighted by molar-refractivity contribution is 0.357. The molecule has 0 N–H and O–H groups in total. The van der Waals surface area contributed by atoms with Crippen molar-refractivity contribution < 1.29 is 4.74 Å². The minimum absolute atomic E-state index is 0.808. The zero-order chi connectivity index (χ0) is 14.1. The molecule has 104 valence electrons. The van der Waals surface area contributed by atoms with E-state index in [9.17, 15) is 0 Å². The van der Waals surface area contributed by atoms with Crippen LogP contribution in [0, 0.1) is 6.92 Å². The van der Waals surface area contributed by atoms with E-state index in [0.717, 1.165) is 35.6 Å². The molecule has 2 heterocycles. The zero-order valence-corrected chi connectivity index (χ0v) is 13.3. The van der Waals surface area contributed by atoms with Crippen molar-refractivity contribution in [3.05, 3.63) is 51.6 Å². The van der Waals surface area contributed by atoms with Crippen molar-refractivity contribution in [2.75, 3.05) is 18.6 Å². The molecular formula is C16H17BrN2O. The summed E-state index contributed by atoms with van der Waals surface area (Å²) in [5.41, 5.74) is 3.80. The Labute approximate surface area is 127 Å². The second-order valence-corrected chi connectivity index (χ2v) is 6.04. The van der Waals surface area contributed by atoms with E-state index in [1.54, 1.807) is 0 Å². The summed E-state index contributed by atoms with van der Waals surface area (Å²) in [6.07, 6.45) is 2.88. The van der Waals surface area contributed by atoms with Gasteiger partial charge in [-0.05, 0) is 51.7 Å². The van der Waals surface area contributed by atoms with Crippen LogP contribution in [0.2, 0.25) is 0 Å². The highest BCUT2D eigenvalue weighted by atomic mass is 79.9. The predicted octanol–water partition coefficient (Wildman–Crippen LogP) is 3.72. The van der Waals surface area contributed by atoms with Crippen molar-refractivity contribution in [1.82, 2.24) is 4.98 Å². The van der Waals surface area contributed by atoms with Gasteiger partial charge >= 0.3 is 0 Å². The van der Waals surface area contributed by atoms with Crippen molar-refractivity contribution in [2.45, 2.75) is 19.9 Å². The number of aromatic nitrogens is 1. The topological polar surface area (TPSA) is 25.4 Å². The molecular weight excluding hydrogens is 316 g/mol. The first-order chi connectivity index (χ1) is 9.63. The van der Waals surface area contributed by atoms with Crippen molar-refractivity contribution in [3.8, 4) is 5.75 Å². The Morgan fingerprint density at radius 2 is 2.20 bits per heavy atom. The molecule has 0 saturated heterocycles. The smallest absolute Gasteiger partial charge is 0.128 e. The molecule has 0 spiro atoms. The van der Waals surface area contributed by atoms with Crippen LogP contribution in [0.1, 0.15) is 16.7 Å². The summed E-state index contributed by atoms with van der Waals surface area (Å²) in [6.45, 7) is 3.74. The molecule has 4 heteroatoms.